The summed E-state index contributed by atoms with van der Waals surface area (Å²) in [5.41, 5.74) is 0. The van der Waals surface area contributed by atoms with Crippen molar-refractivity contribution in [2.75, 3.05) is 33.7 Å². The monoisotopic (exact) mass is 322 g/mol. The van der Waals surface area contributed by atoms with Crippen LogP contribution in [0, 0.1) is 5.92 Å². The van der Waals surface area contributed by atoms with Crippen molar-refractivity contribution >= 4 is 11.3 Å². The molecule has 3 rings (SSSR count). The Bertz CT molecular complexity index is 459. The van der Waals surface area contributed by atoms with Crippen molar-refractivity contribution in [1.29, 1.82) is 0 Å². The predicted molar refractivity (Wildman–Crippen MR) is 93.2 cm³/mol. The predicted octanol–water partition coefficient (Wildman–Crippen LogP) is 2.38. The first kappa shape index (κ1) is 16.4. The van der Waals surface area contributed by atoms with E-state index in [-0.39, 0.29) is 0 Å². The fourth-order valence-electron chi connectivity index (χ4n) is 4.52. The average molecular weight is 323 g/mol. The third-order valence-corrected chi connectivity index (χ3v) is 5.94. The molecular weight excluding hydrogens is 292 g/mol. The minimum Gasteiger partial charge on any atom is -0.308 e. The number of aromatic nitrogens is 1. The van der Waals surface area contributed by atoms with E-state index in [4.69, 9.17) is 0 Å². The van der Waals surface area contributed by atoms with E-state index in [9.17, 15) is 0 Å². The Balaban J connectivity index is 1.64. The van der Waals surface area contributed by atoms with Gasteiger partial charge in [0, 0.05) is 49.3 Å². The van der Waals surface area contributed by atoms with Gasteiger partial charge in [-0.15, -0.1) is 11.3 Å². The lowest BCUT2D eigenvalue weighted by molar-refractivity contribution is 0.0704. The van der Waals surface area contributed by atoms with E-state index in [1.807, 2.05) is 6.20 Å². The highest BCUT2D eigenvalue weighted by molar-refractivity contribution is 7.09. The summed E-state index contributed by atoms with van der Waals surface area (Å²) in [5.74, 6) is 0.834. The summed E-state index contributed by atoms with van der Waals surface area (Å²) in [4.78, 5) is 12.2. The first-order chi connectivity index (χ1) is 10.5. The zero-order chi connectivity index (χ0) is 15.7. The lowest BCUT2D eigenvalue weighted by atomic mass is 9.92. The lowest BCUT2D eigenvalue weighted by Crippen LogP contribution is -2.50. The number of thiazole rings is 1. The van der Waals surface area contributed by atoms with Crippen LogP contribution in [0.3, 0.4) is 0 Å². The number of likely N-dealkylation sites (tertiary alicyclic amines) is 2. The van der Waals surface area contributed by atoms with Gasteiger partial charge in [-0.3, -0.25) is 9.80 Å². The zero-order valence-electron chi connectivity index (χ0n) is 14.4. The highest BCUT2D eigenvalue weighted by Crippen LogP contribution is 2.37. The van der Waals surface area contributed by atoms with E-state index in [0.717, 1.165) is 24.5 Å². The molecule has 3 atom stereocenters. The highest BCUT2D eigenvalue weighted by atomic mass is 32.1. The van der Waals surface area contributed by atoms with E-state index in [0.29, 0.717) is 6.04 Å². The number of likely N-dealkylation sites (N-methyl/N-ethyl adjacent to an activating group) is 1. The Morgan fingerprint density at radius 2 is 2.23 bits per heavy atom. The van der Waals surface area contributed by atoms with E-state index in [1.54, 1.807) is 11.3 Å². The molecule has 1 aromatic rings. The van der Waals surface area contributed by atoms with Crippen LogP contribution in [0.4, 0.5) is 0 Å². The Kier molecular flexibility index (Phi) is 5.17. The average Bonchev–Trinajstić information content (AvgIpc) is 3.04. The zero-order valence-corrected chi connectivity index (χ0v) is 15.2. The van der Waals surface area contributed by atoms with Gasteiger partial charge < -0.3 is 4.90 Å². The minimum atomic E-state index is 0.658. The molecule has 2 aliphatic heterocycles. The number of nitrogens with zero attached hydrogens (tertiary/aromatic N) is 4. The first-order valence-electron chi connectivity index (χ1n) is 8.57. The number of piperidine rings is 1. The van der Waals surface area contributed by atoms with Crippen molar-refractivity contribution in [2.45, 2.75) is 51.4 Å². The maximum atomic E-state index is 4.45. The summed E-state index contributed by atoms with van der Waals surface area (Å²) in [6.07, 6.45) is 4.60. The Hall–Kier alpha value is -0.490. The molecule has 1 aromatic heterocycles. The van der Waals surface area contributed by atoms with Crippen molar-refractivity contribution in [1.82, 2.24) is 19.7 Å². The van der Waals surface area contributed by atoms with Crippen molar-refractivity contribution in [2.24, 2.45) is 5.92 Å². The second-order valence-corrected chi connectivity index (χ2v) is 8.45. The molecule has 0 spiro atoms. The lowest BCUT2D eigenvalue weighted by Gasteiger charge is -2.40. The van der Waals surface area contributed by atoms with E-state index in [2.05, 4.69) is 53.0 Å². The number of rotatable bonds is 5. The molecule has 0 aromatic carbocycles. The minimum absolute atomic E-state index is 0.658. The van der Waals surface area contributed by atoms with Gasteiger partial charge >= 0.3 is 0 Å². The standard InChI is InChI=1S/C17H30N4S/c1-13(2)21-15(11-19(3)4)9-14-10-20(7-5-16(14)21)12-17-18-6-8-22-17/h6,8,13-16H,5,7,9-12H2,1-4H3/t14-,15+,16+/m1/s1. The molecule has 0 amide bonds. The smallest absolute Gasteiger partial charge is 0.107 e. The maximum Gasteiger partial charge on any atom is 0.107 e. The molecule has 0 bridgehead atoms. The molecule has 0 saturated carbocycles. The van der Waals surface area contributed by atoms with E-state index in [1.165, 1.54) is 37.5 Å². The van der Waals surface area contributed by atoms with Crippen LogP contribution in [0.2, 0.25) is 0 Å². The summed E-state index contributed by atoms with van der Waals surface area (Å²) < 4.78 is 0. The van der Waals surface area contributed by atoms with Crippen molar-refractivity contribution in [3.8, 4) is 0 Å². The van der Waals surface area contributed by atoms with Gasteiger partial charge in [-0.1, -0.05) is 0 Å². The molecule has 124 valence electrons. The normalized spacial score (nSPS) is 30.4. The topological polar surface area (TPSA) is 22.6 Å². The second-order valence-electron chi connectivity index (χ2n) is 7.47. The second kappa shape index (κ2) is 6.95. The summed E-state index contributed by atoms with van der Waals surface area (Å²) in [6, 6.07) is 2.17. The van der Waals surface area contributed by atoms with Gasteiger partial charge in [0.25, 0.3) is 0 Å². The molecule has 0 radical (unpaired) electrons. The molecule has 2 fully saturated rings. The molecule has 2 saturated heterocycles. The summed E-state index contributed by atoms with van der Waals surface area (Å²) in [7, 11) is 4.41. The van der Waals surface area contributed by atoms with Gasteiger partial charge in [0.05, 0.1) is 6.54 Å². The van der Waals surface area contributed by atoms with Gasteiger partial charge in [0.2, 0.25) is 0 Å². The number of hydrogen-bond acceptors (Lipinski definition) is 5. The molecule has 2 aliphatic rings. The fourth-order valence-corrected chi connectivity index (χ4v) is 5.18. The third-order valence-electron chi connectivity index (χ3n) is 5.17. The molecule has 3 heterocycles. The van der Waals surface area contributed by atoms with Crippen LogP contribution in [0.15, 0.2) is 11.6 Å². The molecule has 22 heavy (non-hydrogen) atoms. The Labute approximate surface area is 139 Å². The van der Waals surface area contributed by atoms with Crippen LogP contribution < -0.4 is 0 Å². The molecule has 5 heteroatoms. The Morgan fingerprint density at radius 3 is 2.86 bits per heavy atom. The van der Waals surface area contributed by atoms with Crippen molar-refractivity contribution in [3.63, 3.8) is 0 Å². The van der Waals surface area contributed by atoms with Gasteiger partial charge in [0.1, 0.15) is 5.01 Å². The van der Waals surface area contributed by atoms with Gasteiger partial charge in [-0.25, -0.2) is 4.98 Å². The maximum absolute atomic E-state index is 4.45. The summed E-state index contributed by atoms with van der Waals surface area (Å²) in [5, 5.41) is 3.35. The van der Waals surface area contributed by atoms with Crippen LogP contribution in [0.25, 0.3) is 0 Å². The van der Waals surface area contributed by atoms with Crippen LogP contribution in [0.1, 0.15) is 31.7 Å². The molecule has 0 N–H and O–H groups in total. The van der Waals surface area contributed by atoms with Crippen LogP contribution in [-0.4, -0.2) is 71.5 Å². The summed E-state index contributed by atoms with van der Waals surface area (Å²) in [6.45, 7) is 9.44. The van der Waals surface area contributed by atoms with E-state index >= 15 is 0 Å². The van der Waals surface area contributed by atoms with Gasteiger partial charge in [-0.2, -0.15) is 0 Å². The molecule has 0 aliphatic carbocycles. The van der Waals surface area contributed by atoms with Crippen molar-refractivity contribution in [3.05, 3.63) is 16.6 Å². The quantitative estimate of drug-likeness (QED) is 0.830. The van der Waals surface area contributed by atoms with Crippen molar-refractivity contribution < 1.29 is 0 Å². The number of hydrogen-bond donors (Lipinski definition) is 0. The van der Waals surface area contributed by atoms with Gasteiger partial charge in [0.15, 0.2) is 0 Å². The summed E-state index contributed by atoms with van der Waals surface area (Å²) >= 11 is 1.79. The third kappa shape index (κ3) is 3.53. The largest absolute Gasteiger partial charge is 0.308 e. The van der Waals surface area contributed by atoms with Crippen LogP contribution in [0.5, 0.6) is 0 Å². The SMILES string of the molecule is CC(C)N1[C@H](CN(C)C)C[C@@H]2CN(Cc3nccs3)CC[C@@H]21. The molecular formula is C17H30N4S. The first-order valence-corrected chi connectivity index (χ1v) is 9.45. The van der Waals surface area contributed by atoms with E-state index < -0.39 is 0 Å². The van der Waals surface area contributed by atoms with Crippen LogP contribution >= 0.6 is 11.3 Å². The number of fused-ring (bicyclic) bond motifs is 1. The molecule has 4 nitrogen and oxygen atoms in total. The van der Waals surface area contributed by atoms with Crippen LogP contribution in [-0.2, 0) is 6.54 Å². The Morgan fingerprint density at radius 1 is 1.41 bits per heavy atom. The fraction of sp³-hybridized carbons (Fsp3) is 0.824. The highest BCUT2D eigenvalue weighted by Gasteiger charge is 2.44. The van der Waals surface area contributed by atoms with Gasteiger partial charge in [-0.05, 0) is 46.7 Å². The molecule has 0 unspecified atom stereocenters.